The number of hydrogen-bond acceptors (Lipinski definition) is 5. The minimum Gasteiger partial charge on any atom is -0.490 e. The predicted octanol–water partition coefficient (Wildman–Crippen LogP) is 4.27. The molecule has 7 nitrogen and oxygen atoms in total. The van der Waals surface area contributed by atoms with Gasteiger partial charge in [0.15, 0.2) is 5.82 Å². The van der Waals surface area contributed by atoms with E-state index in [1.54, 1.807) is 18.2 Å². The Labute approximate surface area is 165 Å². The minimum atomic E-state index is -0.450. The summed E-state index contributed by atoms with van der Waals surface area (Å²) in [5.41, 5.74) is 0.490. The molecule has 2 N–H and O–H groups in total. The number of halogens is 1. The van der Waals surface area contributed by atoms with Crippen LogP contribution in [0.5, 0.6) is 5.75 Å². The molecule has 1 heterocycles. The SMILES string of the molecule is CC(C)N(CCOc1ccc(Cl)cc1NC(=O)Nc1cnccn1)C(C)C. The number of nitrogens with zero attached hydrogens (tertiary/aromatic N) is 3. The number of amides is 2. The Hall–Kier alpha value is -2.38. The van der Waals surface area contributed by atoms with E-state index in [9.17, 15) is 4.79 Å². The van der Waals surface area contributed by atoms with Crippen LogP contribution < -0.4 is 15.4 Å². The van der Waals surface area contributed by atoms with E-state index in [1.165, 1.54) is 18.6 Å². The average molecular weight is 392 g/mol. The van der Waals surface area contributed by atoms with Crippen molar-refractivity contribution < 1.29 is 9.53 Å². The Bertz CT molecular complexity index is 732. The fourth-order valence-corrected chi connectivity index (χ4v) is 2.91. The third kappa shape index (κ3) is 6.69. The summed E-state index contributed by atoms with van der Waals surface area (Å²) in [6, 6.07) is 5.52. The topological polar surface area (TPSA) is 79.4 Å². The molecular formula is C19H26ClN5O2. The number of ether oxygens (including phenoxy) is 1. The van der Waals surface area contributed by atoms with Crippen LogP contribution in [0.2, 0.25) is 5.02 Å². The molecule has 0 saturated carbocycles. The molecule has 1 aromatic carbocycles. The molecule has 0 bridgehead atoms. The summed E-state index contributed by atoms with van der Waals surface area (Å²) in [4.78, 5) is 22.5. The summed E-state index contributed by atoms with van der Waals surface area (Å²) in [6.45, 7) is 9.91. The maximum Gasteiger partial charge on any atom is 0.325 e. The van der Waals surface area contributed by atoms with Gasteiger partial charge in [0.2, 0.25) is 0 Å². The van der Waals surface area contributed by atoms with E-state index >= 15 is 0 Å². The van der Waals surface area contributed by atoms with E-state index in [0.717, 1.165) is 6.54 Å². The van der Waals surface area contributed by atoms with Gasteiger partial charge in [0.1, 0.15) is 12.4 Å². The third-order valence-corrected chi connectivity index (χ3v) is 4.16. The van der Waals surface area contributed by atoms with Gasteiger partial charge in [0.25, 0.3) is 0 Å². The number of carbonyl (C=O) groups is 1. The first kappa shape index (κ1) is 20.9. The van der Waals surface area contributed by atoms with Gasteiger partial charge in [-0.2, -0.15) is 0 Å². The molecule has 27 heavy (non-hydrogen) atoms. The quantitative estimate of drug-likeness (QED) is 0.702. The molecule has 0 unspecified atom stereocenters. The van der Waals surface area contributed by atoms with Crippen LogP contribution in [0.4, 0.5) is 16.3 Å². The van der Waals surface area contributed by atoms with Crippen LogP contribution in [0.25, 0.3) is 0 Å². The lowest BCUT2D eigenvalue weighted by Gasteiger charge is -2.30. The zero-order valence-corrected chi connectivity index (χ0v) is 16.8. The van der Waals surface area contributed by atoms with Crippen LogP contribution in [-0.4, -0.2) is 46.1 Å². The summed E-state index contributed by atoms with van der Waals surface area (Å²) in [5.74, 6) is 0.908. The van der Waals surface area contributed by atoms with E-state index in [0.29, 0.717) is 41.0 Å². The number of aromatic nitrogens is 2. The molecule has 0 aliphatic heterocycles. The lowest BCUT2D eigenvalue weighted by Crippen LogP contribution is -2.39. The van der Waals surface area contributed by atoms with Crippen molar-refractivity contribution in [2.75, 3.05) is 23.8 Å². The van der Waals surface area contributed by atoms with Crippen LogP contribution in [0.15, 0.2) is 36.8 Å². The van der Waals surface area contributed by atoms with Crippen molar-refractivity contribution in [2.24, 2.45) is 0 Å². The summed E-state index contributed by atoms with van der Waals surface area (Å²) < 4.78 is 5.90. The molecule has 0 atom stereocenters. The van der Waals surface area contributed by atoms with Gasteiger partial charge in [-0.15, -0.1) is 0 Å². The summed E-state index contributed by atoms with van der Waals surface area (Å²) in [6.07, 6.45) is 4.49. The van der Waals surface area contributed by atoms with Gasteiger partial charge in [-0.1, -0.05) is 11.6 Å². The van der Waals surface area contributed by atoms with E-state index in [1.807, 2.05) is 0 Å². The standard InChI is InChI=1S/C19H26ClN5O2/c1-13(2)25(14(3)4)9-10-27-17-6-5-15(20)11-16(17)23-19(26)24-18-12-21-7-8-22-18/h5-8,11-14H,9-10H2,1-4H3,(H2,22,23,24,26). The van der Waals surface area contributed by atoms with Gasteiger partial charge >= 0.3 is 6.03 Å². The van der Waals surface area contributed by atoms with Gasteiger partial charge < -0.3 is 10.1 Å². The molecule has 0 aliphatic rings. The number of benzene rings is 1. The first-order chi connectivity index (χ1) is 12.9. The molecule has 0 spiro atoms. The average Bonchev–Trinajstić information content (AvgIpc) is 2.60. The molecule has 1 aromatic heterocycles. The van der Waals surface area contributed by atoms with Crippen LogP contribution in [0.1, 0.15) is 27.7 Å². The lowest BCUT2D eigenvalue weighted by molar-refractivity contribution is 0.142. The van der Waals surface area contributed by atoms with Crippen molar-refractivity contribution in [3.05, 3.63) is 41.8 Å². The highest BCUT2D eigenvalue weighted by atomic mass is 35.5. The number of nitrogens with one attached hydrogen (secondary N) is 2. The number of rotatable bonds is 8. The maximum atomic E-state index is 12.2. The van der Waals surface area contributed by atoms with E-state index in [2.05, 4.69) is 53.2 Å². The second-order valence-electron chi connectivity index (χ2n) is 6.58. The maximum absolute atomic E-state index is 12.2. The molecule has 2 amide bonds. The third-order valence-electron chi connectivity index (χ3n) is 3.93. The molecule has 0 aliphatic carbocycles. The monoisotopic (exact) mass is 391 g/mol. The van der Waals surface area contributed by atoms with E-state index in [4.69, 9.17) is 16.3 Å². The number of hydrogen-bond donors (Lipinski definition) is 2. The van der Waals surface area contributed by atoms with Crippen LogP contribution >= 0.6 is 11.6 Å². The van der Waals surface area contributed by atoms with Crippen molar-refractivity contribution in [3.8, 4) is 5.75 Å². The largest absolute Gasteiger partial charge is 0.490 e. The van der Waals surface area contributed by atoms with E-state index in [-0.39, 0.29) is 0 Å². The normalized spacial score (nSPS) is 11.1. The van der Waals surface area contributed by atoms with Crippen LogP contribution in [0, 0.1) is 0 Å². The van der Waals surface area contributed by atoms with Gasteiger partial charge in [0, 0.05) is 36.0 Å². The van der Waals surface area contributed by atoms with Gasteiger partial charge in [-0.3, -0.25) is 15.2 Å². The van der Waals surface area contributed by atoms with Crippen LogP contribution in [-0.2, 0) is 0 Å². The van der Waals surface area contributed by atoms with Crippen molar-refractivity contribution in [1.29, 1.82) is 0 Å². The zero-order valence-electron chi connectivity index (χ0n) is 16.1. The number of anilines is 2. The van der Waals surface area contributed by atoms with Gasteiger partial charge in [0.05, 0.1) is 11.9 Å². The summed E-state index contributed by atoms with van der Waals surface area (Å²) in [7, 11) is 0. The predicted molar refractivity (Wildman–Crippen MR) is 109 cm³/mol. The van der Waals surface area contributed by atoms with Crippen molar-refractivity contribution in [1.82, 2.24) is 14.9 Å². The summed E-state index contributed by atoms with van der Waals surface area (Å²) >= 11 is 6.07. The second kappa shape index (κ2) is 10.1. The Morgan fingerprint density at radius 2 is 1.93 bits per heavy atom. The molecule has 146 valence electrons. The molecule has 2 rings (SSSR count). The highest BCUT2D eigenvalue weighted by Gasteiger charge is 2.14. The van der Waals surface area contributed by atoms with E-state index < -0.39 is 6.03 Å². The Kier molecular flexibility index (Phi) is 7.82. The molecule has 0 saturated heterocycles. The van der Waals surface area contributed by atoms with Crippen molar-refractivity contribution in [2.45, 2.75) is 39.8 Å². The van der Waals surface area contributed by atoms with Crippen molar-refractivity contribution in [3.63, 3.8) is 0 Å². The second-order valence-corrected chi connectivity index (χ2v) is 7.02. The molecular weight excluding hydrogens is 366 g/mol. The Morgan fingerprint density at radius 3 is 2.56 bits per heavy atom. The molecule has 0 radical (unpaired) electrons. The highest BCUT2D eigenvalue weighted by Crippen LogP contribution is 2.28. The fraction of sp³-hybridized carbons (Fsp3) is 0.421. The first-order valence-corrected chi connectivity index (χ1v) is 9.26. The Balaban J connectivity index is 2.00. The first-order valence-electron chi connectivity index (χ1n) is 8.89. The smallest absolute Gasteiger partial charge is 0.325 e. The Morgan fingerprint density at radius 1 is 1.19 bits per heavy atom. The zero-order chi connectivity index (χ0) is 19.8. The number of urea groups is 1. The summed E-state index contributed by atoms with van der Waals surface area (Å²) in [5, 5.41) is 5.86. The minimum absolute atomic E-state index is 0.351. The number of carbonyl (C=O) groups excluding carboxylic acids is 1. The van der Waals surface area contributed by atoms with Gasteiger partial charge in [-0.25, -0.2) is 9.78 Å². The molecule has 2 aromatic rings. The lowest BCUT2D eigenvalue weighted by atomic mass is 10.2. The van der Waals surface area contributed by atoms with Gasteiger partial charge in [-0.05, 0) is 45.9 Å². The highest BCUT2D eigenvalue weighted by molar-refractivity contribution is 6.31. The van der Waals surface area contributed by atoms with Crippen molar-refractivity contribution >= 4 is 29.1 Å². The van der Waals surface area contributed by atoms with Crippen LogP contribution in [0.3, 0.4) is 0 Å². The fourth-order valence-electron chi connectivity index (χ4n) is 2.73. The molecule has 0 fully saturated rings. The molecule has 8 heteroatoms.